The van der Waals surface area contributed by atoms with Gasteiger partial charge in [-0.1, -0.05) is 47.6 Å². The molecule has 0 saturated heterocycles. The molecule has 3 heteroatoms. The van der Waals surface area contributed by atoms with Crippen molar-refractivity contribution in [1.29, 1.82) is 0 Å². The molecule has 1 aromatic heterocycles. The van der Waals surface area contributed by atoms with Gasteiger partial charge in [0.15, 0.2) is 0 Å². The lowest BCUT2D eigenvalue weighted by Gasteiger charge is -2.18. The molecule has 1 heterocycles. The second-order valence-electron chi connectivity index (χ2n) is 8.15. The minimum atomic E-state index is 0.312. The van der Waals surface area contributed by atoms with Crippen molar-refractivity contribution in [1.82, 2.24) is 10.3 Å². The van der Waals surface area contributed by atoms with Gasteiger partial charge >= 0.3 is 0 Å². The zero-order valence-corrected chi connectivity index (χ0v) is 14.6. The summed E-state index contributed by atoms with van der Waals surface area (Å²) in [4.78, 5) is 4.38. The summed E-state index contributed by atoms with van der Waals surface area (Å²) in [6.07, 6.45) is 4.18. The van der Waals surface area contributed by atoms with E-state index in [1.807, 2.05) is 12.3 Å². The average Bonchev–Trinajstić information content (AvgIpc) is 2.35. The summed E-state index contributed by atoms with van der Waals surface area (Å²) in [5, 5.41) is 3.39. The highest BCUT2D eigenvalue weighted by Crippen LogP contribution is 2.21. The fourth-order valence-electron chi connectivity index (χ4n) is 1.85. The van der Waals surface area contributed by atoms with E-state index in [1.165, 1.54) is 12.0 Å². The zero-order valence-electron chi connectivity index (χ0n) is 14.6. The Hall–Kier alpha value is -1.09. The quantitative estimate of drug-likeness (QED) is 0.769. The van der Waals surface area contributed by atoms with Gasteiger partial charge in [-0.05, 0) is 29.2 Å². The normalized spacial score (nSPS) is 12.5. The van der Waals surface area contributed by atoms with Crippen LogP contribution in [0.2, 0.25) is 0 Å². The first-order chi connectivity index (χ1) is 9.66. The van der Waals surface area contributed by atoms with Crippen LogP contribution in [0.15, 0.2) is 18.3 Å². The molecule has 0 aliphatic rings. The Bertz CT molecular complexity index is 399. The molecule has 120 valence electrons. The van der Waals surface area contributed by atoms with Crippen molar-refractivity contribution in [3.05, 3.63) is 23.9 Å². The molecule has 0 spiro atoms. The Morgan fingerprint density at radius 1 is 1.05 bits per heavy atom. The Morgan fingerprint density at radius 3 is 2.29 bits per heavy atom. The van der Waals surface area contributed by atoms with Crippen molar-refractivity contribution < 1.29 is 4.74 Å². The second-order valence-corrected chi connectivity index (χ2v) is 8.15. The van der Waals surface area contributed by atoms with Crippen LogP contribution in [0.4, 0.5) is 0 Å². The van der Waals surface area contributed by atoms with E-state index >= 15 is 0 Å². The van der Waals surface area contributed by atoms with Crippen LogP contribution in [0, 0.1) is 10.8 Å². The van der Waals surface area contributed by atoms with Crippen molar-refractivity contribution in [2.45, 2.75) is 54.4 Å². The molecule has 0 radical (unpaired) electrons. The van der Waals surface area contributed by atoms with Crippen LogP contribution in [0.1, 0.15) is 53.5 Å². The third-order valence-electron chi connectivity index (χ3n) is 3.15. The van der Waals surface area contributed by atoms with Gasteiger partial charge in [0.2, 0.25) is 5.88 Å². The van der Waals surface area contributed by atoms with Crippen LogP contribution in [-0.2, 0) is 6.42 Å². The third-order valence-corrected chi connectivity index (χ3v) is 3.15. The Morgan fingerprint density at radius 2 is 1.76 bits per heavy atom. The number of nitrogens with zero attached hydrogens (tertiary/aromatic N) is 1. The van der Waals surface area contributed by atoms with Gasteiger partial charge in [0.05, 0.1) is 0 Å². The first-order valence-corrected chi connectivity index (χ1v) is 7.94. The van der Waals surface area contributed by atoms with Gasteiger partial charge < -0.3 is 10.1 Å². The molecule has 0 aliphatic carbocycles. The molecule has 0 aliphatic heterocycles. The van der Waals surface area contributed by atoms with E-state index < -0.39 is 0 Å². The lowest BCUT2D eigenvalue weighted by atomic mass is 9.89. The van der Waals surface area contributed by atoms with Crippen molar-refractivity contribution in [3.63, 3.8) is 0 Å². The highest BCUT2D eigenvalue weighted by molar-refractivity contribution is 5.18. The summed E-state index contributed by atoms with van der Waals surface area (Å²) in [5.74, 6) is 0.715. The standard InChI is InChI=1S/C18H32N2O/c1-17(2,3)10-9-15-7-8-16(20-13-15)21-12-11-19-14-18(4,5)6/h7-8,13,19H,9-12,14H2,1-6H3. The maximum atomic E-state index is 5.65. The zero-order chi connectivity index (χ0) is 15.9. The van der Waals surface area contributed by atoms with Crippen LogP contribution in [0.5, 0.6) is 5.88 Å². The number of pyridine rings is 1. The number of aromatic nitrogens is 1. The fourth-order valence-corrected chi connectivity index (χ4v) is 1.85. The first-order valence-electron chi connectivity index (χ1n) is 7.94. The molecule has 1 N–H and O–H groups in total. The Labute approximate surface area is 130 Å². The summed E-state index contributed by atoms with van der Waals surface area (Å²) in [6, 6.07) is 4.10. The van der Waals surface area contributed by atoms with Gasteiger partial charge in [0.1, 0.15) is 6.61 Å². The predicted octanol–water partition coefficient (Wildman–Crippen LogP) is 4.07. The summed E-state index contributed by atoms with van der Waals surface area (Å²) >= 11 is 0. The minimum absolute atomic E-state index is 0.312. The monoisotopic (exact) mass is 292 g/mol. The molecule has 0 fully saturated rings. The van der Waals surface area contributed by atoms with E-state index in [0.717, 1.165) is 19.5 Å². The van der Waals surface area contributed by atoms with E-state index in [1.54, 1.807) is 0 Å². The number of ether oxygens (including phenoxy) is 1. The van der Waals surface area contributed by atoms with E-state index in [4.69, 9.17) is 4.74 Å². The summed E-state index contributed by atoms with van der Waals surface area (Å²) in [6.45, 7) is 16.0. The Balaban J connectivity index is 2.25. The second kappa shape index (κ2) is 7.79. The van der Waals surface area contributed by atoms with Crippen LogP contribution >= 0.6 is 0 Å². The molecule has 0 amide bonds. The topological polar surface area (TPSA) is 34.1 Å². The summed E-state index contributed by atoms with van der Waals surface area (Å²) in [5.41, 5.74) is 1.96. The van der Waals surface area contributed by atoms with E-state index in [-0.39, 0.29) is 0 Å². The lowest BCUT2D eigenvalue weighted by molar-refractivity contribution is 0.288. The highest BCUT2D eigenvalue weighted by Gasteiger charge is 2.10. The smallest absolute Gasteiger partial charge is 0.213 e. The van der Waals surface area contributed by atoms with E-state index in [9.17, 15) is 0 Å². The highest BCUT2D eigenvalue weighted by atomic mass is 16.5. The van der Waals surface area contributed by atoms with Crippen LogP contribution in [0.3, 0.4) is 0 Å². The van der Waals surface area contributed by atoms with Gasteiger partial charge in [-0.3, -0.25) is 0 Å². The average molecular weight is 292 g/mol. The largest absolute Gasteiger partial charge is 0.476 e. The molecule has 3 nitrogen and oxygen atoms in total. The molecule has 0 atom stereocenters. The first kappa shape index (κ1) is 18.0. The summed E-state index contributed by atoms with van der Waals surface area (Å²) < 4.78 is 5.65. The molecule has 0 bridgehead atoms. The predicted molar refractivity (Wildman–Crippen MR) is 89.8 cm³/mol. The SMILES string of the molecule is CC(C)(C)CCc1ccc(OCCNCC(C)(C)C)nc1. The number of aryl methyl sites for hydroxylation is 1. The lowest BCUT2D eigenvalue weighted by Crippen LogP contribution is -2.30. The Kier molecular flexibility index (Phi) is 6.66. The van der Waals surface area contributed by atoms with Gasteiger partial charge in [0, 0.05) is 25.4 Å². The molecule has 1 aromatic rings. The maximum Gasteiger partial charge on any atom is 0.213 e. The van der Waals surface area contributed by atoms with Gasteiger partial charge in [-0.2, -0.15) is 0 Å². The minimum Gasteiger partial charge on any atom is -0.476 e. The van der Waals surface area contributed by atoms with Crippen LogP contribution < -0.4 is 10.1 Å². The van der Waals surface area contributed by atoms with E-state index in [0.29, 0.717) is 23.3 Å². The van der Waals surface area contributed by atoms with Gasteiger partial charge in [-0.25, -0.2) is 4.98 Å². The molecule has 0 saturated carbocycles. The van der Waals surface area contributed by atoms with Gasteiger partial charge in [-0.15, -0.1) is 0 Å². The van der Waals surface area contributed by atoms with Crippen molar-refractivity contribution in [3.8, 4) is 5.88 Å². The van der Waals surface area contributed by atoms with Gasteiger partial charge in [0.25, 0.3) is 0 Å². The molecule has 0 aromatic carbocycles. The van der Waals surface area contributed by atoms with Crippen molar-refractivity contribution >= 4 is 0 Å². The number of hydrogen-bond acceptors (Lipinski definition) is 3. The van der Waals surface area contributed by atoms with Crippen LogP contribution in [0.25, 0.3) is 0 Å². The van der Waals surface area contributed by atoms with Crippen molar-refractivity contribution in [2.24, 2.45) is 10.8 Å². The summed E-state index contributed by atoms with van der Waals surface area (Å²) in [7, 11) is 0. The van der Waals surface area contributed by atoms with E-state index in [2.05, 4.69) is 57.9 Å². The number of nitrogens with one attached hydrogen (secondary N) is 1. The third kappa shape index (κ3) is 9.46. The molecule has 0 unspecified atom stereocenters. The van der Waals surface area contributed by atoms with Crippen molar-refractivity contribution in [2.75, 3.05) is 19.7 Å². The molecular formula is C18H32N2O. The maximum absolute atomic E-state index is 5.65. The molecule has 1 rings (SSSR count). The number of rotatable bonds is 7. The molecular weight excluding hydrogens is 260 g/mol. The fraction of sp³-hybridized carbons (Fsp3) is 0.722. The molecule has 21 heavy (non-hydrogen) atoms. The van der Waals surface area contributed by atoms with Crippen LogP contribution in [-0.4, -0.2) is 24.7 Å². The number of hydrogen-bond donors (Lipinski definition) is 1.